The maximum atomic E-state index is 10.5. The second-order valence-corrected chi connectivity index (χ2v) is 2.18. The summed E-state index contributed by atoms with van der Waals surface area (Å²) in [6.07, 6.45) is 3.33. The first kappa shape index (κ1) is 8.07. The molecular formula is C7H10O4. The highest BCUT2D eigenvalue weighted by Crippen LogP contribution is 2.10. The predicted octanol–water partition coefficient (Wildman–Crippen LogP) is 0.784. The lowest BCUT2D eigenvalue weighted by Gasteiger charge is -2.02. The Labute approximate surface area is 64.7 Å². The van der Waals surface area contributed by atoms with Crippen LogP contribution in [0.15, 0.2) is 12.3 Å². The van der Waals surface area contributed by atoms with E-state index in [-0.39, 0.29) is 18.5 Å². The van der Waals surface area contributed by atoms with Gasteiger partial charge in [0, 0.05) is 0 Å². The molecule has 11 heavy (non-hydrogen) atoms. The van der Waals surface area contributed by atoms with Crippen molar-refractivity contribution in [2.45, 2.75) is 19.4 Å². The molecule has 0 aliphatic carbocycles. The van der Waals surface area contributed by atoms with Gasteiger partial charge in [-0.2, -0.15) is 4.89 Å². The Morgan fingerprint density at radius 3 is 3.18 bits per heavy atom. The SMILES string of the molecule is CC=COCC1CC(=O)OO1. The lowest BCUT2D eigenvalue weighted by molar-refractivity contribution is -0.265. The van der Waals surface area contributed by atoms with E-state index < -0.39 is 0 Å². The first-order chi connectivity index (χ1) is 5.33. The van der Waals surface area contributed by atoms with Crippen molar-refractivity contribution < 1.29 is 19.3 Å². The van der Waals surface area contributed by atoms with Crippen LogP contribution in [0.25, 0.3) is 0 Å². The highest BCUT2D eigenvalue weighted by molar-refractivity contribution is 5.70. The van der Waals surface area contributed by atoms with E-state index in [4.69, 9.17) is 4.74 Å². The summed E-state index contributed by atoms with van der Waals surface area (Å²) in [5.41, 5.74) is 0. The van der Waals surface area contributed by atoms with Crippen molar-refractivity contribution in [3.63, 3.8) is 0 Å². The van der Waals surface area contributed by atoms with E-state index in [1.165, 1.54) is 0 Å². The lowest BCUT2D eigenvalue weighted by Crippen LogP contribution is -2.11. The van der Waals surface area contributed by atoms with Crippen LogP contribution in [0.4, 0.5) is 0 Å². The average Bonchev–Trinajstić information content (AvgIpc) is 2.37. The third-order valence-electron chi connectivity index (χ3n) is 1.19. The molecule has 0 bridgehead atoms. The van der Waals surface area contributed by atoms with Crippen LogP contribution in [-0.4, -0.2) is 18.7 Å². The third kappa shape index (κ3) is 2.59. The molecule has 0 aromatic heterocycles. The molecule has 1 saturated heterocycles. The van der Waals surface area contributed by atoms with E-state index in [0.29, 0.717) is 6.61 Å². The minimum Gasteiger partial charge on any atom is -0.499 e. The Hall–Kier alpha value is -1.03. The molecule has 0 saturated carbocycles. The standard InChI is InChI=1S/C7H10O4/c1-2-3-9-5-6-4-7(8)11-10-6/h2-3,6H,4-5H2,1H3. The molecule has 1 aliphatic heterocycles. The second kappa shape index (κ2) is 3.98. The summed E-state index contributed by atoms with van der Waals surface area (Å²) in [5.74, 6) is -0.334. The molecule has 4 nitrogen and oxygen atoms in total. The number of hydrogen-bond donors (Lipinski definition) is 0. The Bertz CT molecular complexity index is 164. The highest BCUT2D eigenvalue weighted by atomic mass is 17.2. The summed E-state index contributed by atoms with van der Waals surface area (Å²) in [6.45, 7) is 2.20. The Morgan fingerprint density at radius 1 is 1.82 bits per heavy atom. The smallest absolute Gasteiger partial charge is 0.345 e. The molecular weight excluding hydrogens is 148 g/mol. The molecule has 1 unspecified atom stereocenters. The van der Waals surface area contributed by atoms with Gasteiger partial charge in [-0.3, -0.25) is 4.89 Å². The van der Waals surface area contributed by atoms with Crippen LogP contribution in [0.2, 0.25) is 0 Å². The molecule has 0 N–H and O–H groups in total. The Morgan fingerprint density at radius 2 is 2.64 bits per heavy atom. The normalized spacial score (nSPS) is 24.1. The topological polar surface area (TPSA) is 44.8 Å². The van der Waals surface area contributed by atoms with Crippen molar-refractivity contribution in [2.75, 3.05) is 6.61 Å². The van der Waals surface area contributed by atoms with E-state index in [2.05, 4.69) is 9.78 Å². The van der Waals surface area contributed by atoms with Crippen LogP contribution < -0.4 is 0 Å². The number of rotatable bonds is 3. The largest absolute Gasteiger partial charge is 0.499 e. The van der Waals surface area contributed by atoms with Gasteiger partial charge in [0.15, 0.2) is 0 Å². The molecule has 1 atom stereocenters. The zero-order valence-electron chi connectivity index (χ0n) is 6.28. The maximum absolute atomic E-state index is 10.5. The fourth-order valence-electron chi connectivity index (χ4n) is 0.721. The van der Waals surface area contributed by atoms with E-state index in [1.54, 1.807) is 12.3 Å². The molecule has 0 aromatic carbocycles. The van der Waals surface area contributed by atoms with Crippen LogP contribution in [-0.2, 0) is 19.3 Å². The Balaban J connectivity index is 2.13. The van der Waals surface area contributed by atoms with Crippen LogP contribution >= 0.6 is 0 Å². The van der Waals surface area contributed by atoms with Gasteiger partial charge in [-0.1, -0.05) is 6.08 Å². The van der Waals surface area contributed by atoms with E-state index in [0.717, 1.165) is 0 Å². The molecule has 0 spiro atoms. The summed E-state index contributed by atoms with van der Waals surface area (Å²) in [5, 5.41) is 0. The van der Waals surface area contributed by atoms with Crippen molar-refractivity contribution in [3.05, 3.63) is 12.3 Å². The number of allylic oxidation sites excluding steroid dienone is 1. The summed E-state index contributed by atoms with van der Waals surface area (Å²) in [6, 6.07) is 0. The zero-order chi connectivity index (χ0) is 8.10. The van der Waals surface area contributed by atoms with E-state index in [1.807, 2.05) is 6.92 Å². The van der Waals surface area contributed by atoms with Gasteiger partial charge in [-0.05, 0) is 6.92 Å². The van der Waals surface area contributed by atoms with Crippen molar-refractivity contribution >= 4 is 5.97 Å². The third-order valence-corrected chi connectivity index (χ3v) is 1.19. The van der Waals surface area contributed by atoms with Gasteiger partial charge in [0.1, 0.15) is 12.7 Å². The molecule has 1 fully saturated rings. The molecule has 4 heteroatoms. The van der Waals surface area contributed by atoms with Gasteiger partial charge < -0.3 is 4.74 Å². The quantitative estimate of drug-likeness (QED) is 0.450. The fourth-order valence-corrected chi connectivity index (χ4v) is 0.721. The van der Waals surface area contributed by atoms with Gasteiger partial charge in [-0.25, -0.2) is 4.79 Å². The van der Waals surface area contributed by atoms with Gasteiger partial charge in [0.2, 0.25) is 0 Å². The first-order valence-electron chi connectivity index (χ1n) is 3.42. The average molecular weight is 158 g/mol. The van der Waals surface area contributed by atoms with Crippen molar-refractivity contribution in [1.82, 2.24) is 0 Å². The predicted molar refractivity (Wildman–Crippen MR) is 36.3 cm³/mol. The second-order valence-electron chi connectivity index (χ2n) is 2.18. The zero-order valence-corrected chi connectivity index (χ0v) is 6.28. The molecule has 1 heterocycles. The van der Waals surface area contributed by atoms with E-state index in [9.17, 15) is 4.79 Å². The highest BCUT2D eigenvalue weighted by Gasteiger charge is 2.25. The van der Waals surface area contributed by atoms with Crippen molar-refractivity contribution in [1.29, 1.82) is 0 Å². The number of carbonyl (C=O) groups excluding carboxylic acids is 1. The monoisotopic (exact) mass is 158 g/mol. The van der Waals surface area contributed by atoms with Gasteiger partial charge in [-0.15, -0.1) is 0 Å². The Kier molecular flexibility index (Phi) is 2.92. The summed E-state index contributed by atoms with van der Waals surface area (Å²) < 4.78 is 4.98. The van der Waals surface area contributed by atoms with Crippen molar-refractivity contribution in [3.8, 4) is 0 Å². The summed E-state index contributed by atoms with van der Waals surface area (Å²) in [4.78, 5) is 19.3. The van der Waals surface area contributed by atoms with Crippen molar-refractivity contribution in [2.24, 2.45) is 0 Å². The lowest BCUT2D eigenvalue weighted by atomic mass is 10.3. The first-order valence-corrected chi connectivity index (χ1v) is 3.42. The summed E-state index contributed by atoms with van der Waals surface area (Å²) in [7, 11) is 0. The molecule has 0 amide bonds. The summed E-state index contributed by atoms with van der Waals surface area (Å²) >= 11 is 0. The van der Waals surface area contributed by atoms with Gasteiger partial charge >= 0.3 is 5.97 Å². The van der Waals surface area contributed by atoms with Crippen LogP contribution in [0.3, 0.4) is 0 Å². The van der Waals surface area contributed by atoms with Gasteiger partial charge in [0.25, 0.3) is 0 Å². The number of ether oxygens (including phenoxy) is 1. The molecule has 1 aliphatic rings. The molecule has 0 radical (unpaired) electrons. The van der Waals surface area contributed by atoms with Crippen LogP contribution in [0, 0.1) is 0 Å². The van der Waals surface area contributed by atoms with Crippen LogP contribution in [0.1, 0.15) is 13.3 Å². The maximum Gasteiger partial charge on any atom is 0.345 e. The van der Waals surface area contributed by atoms with Crippen LogP contribution in [0.5, 0.6) is 0 Å². The minimum atomic E-state index is -0.334. The van der Waals surface area contributed by atoms with E-state index >= 15 is 0 Å². The minimum absolute atomic E-state index is 0.251. The number of hydrogen-bond acceptors (Lipinski definition) is 4. The fraction of sp³-hybridized carbons (Fsp3) is 0.571. The number of carbonyl (C=O) groups is 1. The molecule has 62 valence electrons. The molecule has 0 aromatic rings. The molecule has 1 rings (SSSR count). The van der Waals surface area contributed by atoms with Gasteiger partial charge in [0.05, 0.1) is 12.7 Å².